The van der Waals surface area contributed by atoms with Gasteiger partial charge < -0.3 is 0 Å². The van der Waals surface area contributed by atoms with E-state index in [-0.39, 0.29) is 0 Å². The molecule has 2 atom stereocenters. The monoisotopic (exact) mass is 362 g/mol. The van der Waals surface area contributed by atoms with Gasteiger partial charge in [-0.15, -0.1) is 23.5 Å². The molecule has 2 aliphatic rings. The molecule has 2 saturated heterocycles. The molecule has 0 nitrogen and oxygen atoms in total. The molecule has 114 valence electrons. The highest BCUT2D eigenvalue weighted by atomic mass is 32.2. The predicted octanol–water partition coefficient (Wildman–Crippen LogP) is 5.77. The molecule has 2 aliphatic heterocycles. The normalized spacial score (nSPS) is 22.5. The predicted molar refractivity (Wildman–Crippen MR) is 106 cm³/mol. The fourth-order valence-electron chi connectivity index (χ4n) is 2.31. The van der Waals surface area contributed by atoms with E-state index in [2.05, 4.69) is 95.6 Å². The van der Waals surface area contributed by atoms with Gasteiger partial charge in [0.05, 0.1) is 0 Å². The summed E-state index contributed by atoms with van der Waals surface area (Å²) in [6.07, 6.45) is 0. The van der Waals surface area contributed by atoms with Crippen molar-refractivity contribution >= 4 is 47.0 Å². The van der Waals surface area contributed by atoms with Crippen LogP contribution >= 0.6 is 47.0 Å². The molecule has 0 bridgehead atoms. The second kappa shape index (κ2) is 7.16. The van der Waals surface area contributed by atoms with Crippen molar-refractivity contribution in [2.24, 2.45) is 0 Å². The van der Waals surface area contributed by atoms with E-state index in [0.717, 1.165) is 10.5 Å². The quantitative estimate of drug-likeness (QED) is 0.453. The Kier molecular flexibility index (Phi) is 5.01. The zero-order valence-electron chi connectivity index (χ0n) is 12.2. The van der Waals surface area contributed by atoms with Crippen molar-refractivity contribution in [2.75, 3.05) is 23.0 Å². The molecular formula is C18H18S4. The summed E-state index contributed by atoms with van der Waals surface area (Å²) in [4.78, 5) is 2.97. The first-order chi connectivity index (χ1) is 10.9. The van der Waals surface area contributed by atoms with Crippen LogP contribution in [0.25, 0.3) is 11.1 Å². The van der Waals surface area contributed by atoms with E-state index in [4.69, 9.17) is 0 Å². The van der Waals surface area contributed by atoms with Gasteiger partial charge in [0.1, 0.15) is 0 Å². The number of rotatable bonds is 7. The molecule has 22 heavy (non-hydrogen) atoms. The average molecular weight is 363 g/mol. The van der Waals surface area contributed by atoms with Crippen molar-refractivity contribution in [2.45, 2.75) is 20.3 Å². The lowest BCUT2D eigenvalue weighted by Crippen LogP contribution is -1.94. The van der Waals surface area contributed by atoms with Crippen LogP contribution in [0, 0.1) is 0 Å². The lowest BCUT2D eigenvalue weighted by Gasteiger charge is -2.14. The van der Waals surface area contributed by atoms with E-state index in [1.807, 2.05) is 0 Å². The standard InChI is InChI=1S/C18H18S4/c1-2-5-13(6-3-1)16-7-4-8-17(21-11-14-9-19-14)18(16)22-12-15-10-20-15/h1-8,14-15H,9-12H2. The average Bonchev–Trinajstić information content (AvgIpc) is 3.47. The zero-order valence-corrected chi connectivity index (χ0v) is 15.5. The van der Waals surface area contributed by atoms with Crippen LogP contribution in [0.15, 0.2) is 58.3 Å². The maximum absolute atomic E-state index is 2.31. The number of thioether (sulfide) groups is 4. The maximum atomic E-state index is 2.31. The molecule has 0 radical (unpaired) electrons. The lowest BCUT2D eigenvalue weighted by atomic mass is 10.1. The van der Waals surface area contributed by atoms with Crippen molar-refractivity contribution in [1.82, 2.24) is 0 Å². The third-order valence-electron chi connectivity index (χ3n) is 3.71. The van der Waals surface area contributed by atoms with Crippen molar-refractivity contribution in [3.63, 3.8) is 0 Å². The summed E-state index contributed by atoms with van der Waals surface area (Å²) >= 11 is 8.30. The van der Waals surface area contributed by atoms with Crippen LogP contribution in [-0.2, 0) is 0 Å². The number of hydrogen-bond donors (Lipinski definition) is 0. The van der Waals surface area contributed by atoms with Gasteiger partial charge in [0.2, 0.25) is 0 Å². The van der Waals surface area contributed by atoms with Gasteiger partial charge >= 0.3 is 0 Å². The number of benzene rings is 2. The molecule has 4 heteroatoms. The van der Waals surface area contributed by atoms with Crippen molar-refractivity contribution in [3.8, 4) is 11.1 Å². The van der Waals surface area contributed by atoms with Crippen molar-refractivity contribution in [1.29, 1.82) is 0 Å². The third-order valence-corrected chi connectivity index (χ3v) is 8.72. The Bertz CT molecular complexity index is 633. The second-order valence-electron chi connectivity index (χ2n) is 5.53. The van der Waals surface area contributed by atoms with Gasteiger partial charge in [0.25, 0.3) is 0 Å². The molecule has 2 unspecified atom stereocenters. The van der Waals surface area contributed by atoms with Gasteiger partial charge in [-0.3, -0.25) is 0 Å². The third kappa shape index (κ3) is 4.02. The summed E-state index contributed by atoms with van der Waals surface area (Å²) in [7, 11) is 0. The minimum Gasteiger partial charge on any atom is -0.156 e. The van der Waals surface area contributed by atoms with Gasteiger partial charge in [-0.1, -0.05) is 42.5 Å². The van der Waals surface area contributed by atoms with Crippen molar-refractivity contribution in [3.05, 3.63) is 48.5 Å². The van der Waals surface area contributed by atoms with Crippen LogP contribution in [0.3, 0.4) is 0 Å². The zero-order chi connectivity index (χ0) is 14.8. The smallest absolute Gasteiger partial charge is 0.0287 e. The summed E-state index contributed by atoms with van der Waals surface area (Å²) in [5.74, 6) is 5.21. The first-order valence-corrected chi connectivity index (χ1v) is 11.6. The molecule has 0 amide bonds. The van der Waals surface area contributed by atoms with E-state index < -0.39 is 0 Å². The van der Waals surface area contributed by atoms with Crippen LogP contribution in [0.4, 0.5) is 0 Å². The van der Waals surface area contributed by atoms with Gasteiger partial charge in [-0.05, 0) is 17.2 Å². The van der Waals surface area contributed by atoms with Gasteiger partial charge in [-0.25, -0.2) is 0 Å². The Balaban J connectivity index is 1.63. The van der Waals surface area contributed by atoms with Gasteiger partial charge in [0, 0.05) is 43.3 Å². The van der Waals surface area contributed by atoms with E-state index >= 15 is 0 Å². The molecule has 2 aromatic rings. The summed E-state index contributed by atoms with van der Waals surface area (Å²) in [5.41, 5.74) is 2.75. The van der Waals surface area contributed by atoms with Gasteiger partial charge in [0.15, 0.2) is 0 Å². The lowest BCUT2D eigenvalue weighted by molar-refractivity contribution is 1.20. The Morgan fingerprint density at radius 3 is 2.18 bits per heavy atom. The molecule has 0 saturated carbocycles. The van der Waals surface area contributed by atoms with E-state index in [1.165, 1.54) is 43.9 Å². The minimum absolute atomic E-state index is 0.880. The summed E-state index contributed by atoms with van der Waals surface area (Å²) in [6.45, 7) is 0. The highest BCUT2D eigenvalue weighted by Crippen LogP contribution is 2.44. The highest BCUT2D eigenvalue weighted by molar-refractivity contribution is 8.09. The van der Waals surface area contributed by atoms with E-state index in [9.17, 15) is 0 Å². The fourth-order valence-corrected chi connectivity index (χ4v) is 6.57. The first-order valence-electron chi connectivity index (χ1n) is 7.57. The van der Waals surface area contributed by atoms with E-state index in [1.54, 1.807) is 0 Å². The molecule has 0 aliphatic carbocycles. The van der Waals surface area contributed by atoms with Crippen LogP contribution in [0.1, 0.15) is 0 Å². The minimum atomic E-state index is 0.880. The SMILES string of the molecule is c1ccc(-c2cccc(SCC3CS3)c2SCC2CS2)cc1. The first kappa shape index (κ1) is 15.4. The Labute approximate surface area is 149 Å². The largest absolute Gasteiger partial charge is 0.156 e. The molecule has 0 N–H and O–H groups in total. The Hall–Kier alpha value is -0.160. The molecule has 4 rings (SSSR count). The van der Waals surface area contributed by atoms with Crippen molar-refractivity contribution < 1.29 is 0 Å². The van der Waals surface area contributed by atoms with Crippen LogP contribution in [0.2, 0.25) is 0 Å². The highest BCUT2D eigenvalue weighted by Gasteiger charge is 2.25. The Morgan fingerprint density at radius 2 is 1.50 bits per heavy atom. The van der Waals surface area contributed by atoms with Crippen LogP contribution in [0.5, 0.6) is 0 Å². The topological polar surface area (TPSA) is 0 Å². The summed E-state index contributed by atoms with van der Waals surface area (Å²) < 4.78 is 0. The molecule has 0 aromatic heterocycles. The van der Waals surface area contributed by atoms with Gasteiger partial charge in [-0.2, -0.15) is 23.5 Å². The molecule has 2 fully saturated rings. The molecular weight excluding hydrogens is 344 g/mol. The fraction of sp³-hybridized carbons (Fsp3) is 0.333. The van der Waals surface area contributed by atoms with Crippen LogP contribution < -0.4 is 0 Å². The maximum Gasteiger partial charge on any atom is 0.0287 e. The number of hydrogen-bond acceptors (Lipinski definition) is 4. The molecule has 2 heterocycles. The Morgan fingerprint density at radius 1 is 0.818 bits per heavy atom. The molecule has 2 aromatic carbocycles. The summed E-state index contributed by atoms with van der Waals surface area (Å²) in [6, 6.07) is 17.7. The van der Waals surface area contributed by atoms with Crippen LogP contribution in [-0.4, -0.2) is 33.5 Å². The summed E-state index contributed by atoms with van der Waals surface area (Å²) in [5, 5.41) is 1.77. The molecule has 0 spiro atoms. The second-order valence-corrected chi connectivity index (χ2v) is 10.3. The van der Waals surface area contributed by atoms with E-state index in [0.29, 0.717) is 0 Å².